The van der Waals surface area contributed by atoms with Gasteiger partial charge in [-0.15, -0.1) is 10.2 Å². The van der Waals surface area contributed by atoms with Crippen LogP contribution in [-0.4, -0.2) is 33.0 Å². The first-order valence-electron chi connectivity index (χ1n) is 10.4. The van der Waals surface area contributed by atoms with Crippen LogP contribution in [0.1, 0.15) is 17.4 Å². The van der Waals surface area contributed by atoms with Crippen LogP contribution in [-0.2, 0) is 4.79 Å². The molecule has 0 saturated carbocycles. The monoisotopic (exact) mass is 442 g/mol. The van der Waals surface area contributed by atoms with Gasteiger partial charge in [0.25, 0.3) is 0 Å². The van der Waals surface area contributed by atoms with E-state index in [4.69, 9.17) is 4.74 Å². The van der Waals surface area contributed by atoms with Crippen molar-refractivity contribution in [2.75, 3.05) is 17.3 Å². The lowest BCUT2D eigenvalue weighted by atomic mass is 10.0. The number of hydrogen-bond acceptors (Lipinski definition) is 5. The molecular formula is C25H22N4O2S. The van der Waals surface area contributed by atoms with Crippen LogP contribution in [0, 0.1) is 6.92 Å². The van der Waals surface area contributed by atoms with E-state index in [-0.39, 0.29) is 17.7 Å². The Morgan fingerprint density at radius 3 is 2.44 bits per heavy atom. The van der Waals surface area contributed by atoms with E-state index in [1.54, 1.807) is 0 Å². The number of carbonyl (C=O) groups is 1. The Morgan fingerprint density at radius 2 is 1.66 bits per heavy atom. The van der Waals surface area contributed by atoms with Gasteiger partial charge >= 0.3 is 0 Å². The van der Waals surface area contributed by atoms with Crippen LogP contribution >= 0.6 is 11.8 Å². The van der Waals surface area contributed by atoms with Gasteiger partial charge in [0, 0.05) is 5.69 Å². The first kappa shape index (κ1) is 20.3. The highest BCUT2D eigenvalue weighted by molar-refractivity contribution is 7.99. The predicted octanol–water partition coefficient (Wildman–Crippen LogP) is 4.83. The maximum Gasteiger partial charge on any atom is 0.238 e. The summed E-state index contributed by atoms with van der Waals surface area (Å²) in [6.07, 6.45) is 0. The van der Waals surface area contributed by atoms with Crippen molar-refractivity contribution in [2.45, 2.75) is 18.1 Å². The van der Waals surface area contributed by atoms with Gasteiger partial charge in [-0.25, -0.2) is 0 Å². The van der Waals surface area contributed by atoms with E-state index >= 15 is 0 Å². The fourth-order valence-corrected chi connectivity index (χ4v) is 4.78. The minimum Gasteiger partial charge on any atom is -0.489 e. The van der Waals surface area contributed by atoms with Crippen molar-refractivity contribution in [1.29, 1.82) is 0 Å². The summed E-state index contributed by atoms with van der Waals surface area (Å²) in [4.78, 5) is 15.4. The SMILES string of the molecule is Cc1nnc(SCC(=O)N2c3ccccc3OC[C@@H]2c2ccccc2)n1-c1ccccc1. The zero-order chi connectivity index (χ0) is 21.9. The molecule has 0 bridgehead atoms. The lowest BCUT2D eigenvalue weighted by Crippen LogP contribution is -2.42. The average Bonchev–Trinajstić information content (AvgIpc) is 3.23. The number of nitrogens with zero attached hydrogens (tertiary/aromatic N) is 4. The zero-order valence-corrected chi connectivity index (χ0v) is 18.4. The Bertz CT molecular complexity index is 1230. The fourth-order valence-electron chi connectivity index (χ4n) is 3.92. The van der Waals surface area contributed by atoms with Gasteiger partial charge in [0.2, 0.25) is 5.91 Å². The molecule has 0 spiro atoms. The molecule has 160 valence electrons. The molecule has 6 nitrogen and oxygen atoms in total. The van der Waals surface area contributed by atoms with E-state index in [2.05, 4.69) is 10.2 Å². The number of fused-ring (bicyclic) bond motifs is 1. The molecular weight excluding hydrogens is 420 g/mol. The normalized spacial score (nSPS) is 15.2. The number of thioether (sulfide) groups is 1. The summed E-state index contributed by atoms with van der Waals surface area (Å²) in [5, 5.41) is 9.23. The van der Waals surface area contributed by atoms with Crippen molar-refractivity contribution < 1.29 is 9.53 Å². The first-order chi connectivity index (χ1) is 15.7. The molecule has 5 rings (SSSR count). The Hall–Kier alpha value is -3.58. The van der Waals surface area contributed by atoms with E-state index in [0.717, 1.165) is 28.5 Å². The summed E-state index contributed by atoms with van der Waals surface area (Å²) in [5.74, 6) is 1.74. The smallest absolute Gasteiger partial charge is 0.238 e. The maximum atomic E-state index is 13.6. The first-order valence-corrected chi connectivity index (χ1v) is 11.4. The summed E-state index contributed by atoms with van der Waals surface area (Å²) in [7, 11) is 0. The fraction of sp³-hybridized carbons (Fsp3) is 0.160. The molecule has 0 unspecified atom stereocenters. The second-order valence-corrected chi connectivity index (χ2v) is 8.40. The van der Waals surface area contributed by atoms with Gasteiger partial charge in [-0.3, -0.25) is 14.3 Å². The maximum absolute atomic E-state index is 13.6. The average molecular weight is 443 g/mol. The summed E-state index contributed by atoms with van der Waals surface area (Å²) in [5.41, 5.74) is 2.81. The highest BCUT2D eigenvalue weighted by Gasteiger charge is 2.33. The Kier molecular flexibility index (Phi) is 5.64. The molecule has 1 amide bonds. The van der Waals surface area contributed by atoms with Crippen LogP contribution in [0.5, 0.6) is 5.75 Å². The minimum atomic E-state index is -0.187. The molecule has 7 heteroatoms. The minimum absolute atomic E-state index is 0.000122. The van der Waals surface area contributed by atoms with Gasteiger partial charge in [0.05, 0.1) is 17.5 Å². The Balaban J connectivity index is 1.43. The molecule has 1 aliphatic heterocycles. The molecule has 0 N–H and O–H groups in total. The standard InChI is InChI=1S/C25H22N4O2S/c1-18-26-27-25(28(18)20-12-6-3-7-13-20)32-17-24(30)29-21-14-8-9-15-23(21)31-16-22(29)19-10-4-2-5-11-19/h2-15,22H,16-17H2,1H3/t22-/m1/s1. The van der Waals surface area contributed by atoms with Crippen molar-refractivity contribution in [3.8, 4) is 11.4 Å². The molecule has 0 aliphatic carbocycles. The molecule has 4 aromatic rings. The van der Waals surface area contributed by atoms with Gasteiger partial charge in [0.15, 0.2) is 5.16 Å². The van der Waals surface area contributed by atoms with Crippen molar-refractivity contribution in [3.05, 3.63) is 96.3 Å². The highest BCUT2D eigenvalue weighted by atomic mass is 32.2. The third-order valence-electron chi connectivity index (χ3n) is 5.42. The summed E-state index contributed by atoms with van der Waals surface area (Å²) >= 11 is 1.39. The predicted molar refractivity (Wildman–Crippen MR) is 125 cm³/mol. The number of carbonyl (C=O) groups excluding carboxylic acids is 1. The van der Waals surface area contributed by atoms with Crippen LogP contribution in [0.15, 0.2) is 90.1 Å². The molecule has 3 aromatic carbocycles. The number of hydrogen-bond donors (Lipinski definition) is 0. The highest BCUT2D eigenvalue weighted by Crippen LogP contribution is 2.39. The van der Waals surface area contributed by atoms with Crippen molar-refractivity contribution in [2.24, 2.45) is 0 Å². The van der Waals surface area contributed by atoms with Gasteiger partial charge < -0.3 is 4.74 Å². The number of aromatic nitrogens is 3. The summed E-state index contributed by atoms with van der Waals surface area (Å²) in [6, 6.07) is 27.4. The number of ether oxygens (including phenoxy) is 1. The van der Waals surface area contributed by atoms with Crippen LogP contribution < -0.4 is 9.64 Å². The zero-order valence-electron chi connectivity index (χ0n) is 17.6. The van der Waals surface area contributed by atoms with E-state index < -0.39 is 0 Å². The molecule has 1 aliphatic rings. The Labute approximate surface area is 190 Å². The number of aryl methyl sites for hydroxylation is 1. The number of benzene rings is 3. The molecule has 1 aromatic heterocycles. The number of amides is 1. The largest absolute Gasteiger partial charge is 0.489 e. The van der Waals surface area contributed by atoms with E-state index in [0.29, 0.717) is 11.8 Å². The van der Waals surface area contributed by atoms with E-state index in [1.807, 2.05) is 101 Å². The van der Waals surface area contributed by atoms with Crippen LogP contribution in [0.4, 0.5) is 5.69 Å². The van der Waals surface area contributed by atoms with Gasteiger partial charge in [-0.2, -0.15) is 0 Å². The van der Waals surface area contributed by atoms with Crippen molar-refractivity contribution in [3.63, 3.8) is 0 Å². The summed E-state index contributed by atoms with van der Waals surface area (Å²) < 4.78 is 7.96. The third kappa shape index (κ3) is 3.87. The molecule has 32 heavy (non-hydrogen) atoms. The lowest BCUT2D eigenvalue weighted by molar-refractivity contribution is -0.117. The molecule has 0 radical (unpaired) electrons. The Morgan fingerprint density at radius 1 is 0.969 bits per heavy atom. The van der Waals surface area contributed by atoms with E-state index in [9.17, 15) is 4.79 Å². The lowest BCUT2D eigenvalue weighted by Gasteiger charge is -2.37. The van der Waals surface area contributed by atoms with Crippen molar-refractivity contribution >= 4 is 23.4 Å². The molecule has 0 fully saturated rings. The van der Waals surface area contributed by atoms with Crippen LogP contribution in [0.25, 0.3) is 5.69 Å². The van der Waals surface area contributed by atoms with E-state index in [1.165, 1.54) is 11.8 Å². The number of para-hydroxylation sites is 3. The van der Waals surface area contributed by atoms with Crippen molar-refractivity contribution in [1.82, 2.24) is 14.8 Å². The van der Waals surface area contributed by atoms with Crippen LogP contribution in [0.3, 0.4) is 0 Å². The third-order valence-corrected chi connectivity index (χ3v) is 6.33. The molecule has 1 atom stereocenters. The summed E-state index contributed by atoms with van der Waals surface area (Å²) in [6.45, 7) is 2.33. The number of anilines is 1. The van der Waals surface area contributed by atoms with Gasteiger partial charge in [0.1, 0.15) is 18.2 Å². The second-order valence-electron chi connectivity index (χ2n) is 7.46. The molecule has 2 heterocycles. The van der Waals surface area contributed by atoms with Crippen LogP contribution in [0.2, 0.25) is 0 Å². The van der Waals surface area contributed by atoms with Gasteiger partial charge in [-0.1, -0.05) is 72.4 Å². The number of rotatable bonds is 5. The quantitative estimate of drug-likeness (QED) is 0.414. The molecule has 0 saturated heterocycles. The van der Waals surface area contributed by atoms with Gasteiger partial charge in [-0.05, 0) is 36.8 Å². The second kappa shape index (κ2) is 8.88. The topological polar surface area (TPSA) is 60.3 Å².